The first-order chi connectivity index (χ1) is 11.5. The third kappa shape index (κ3) is 3.66. The lowest BCUT2D eigenvalue weighted by atomic mass is 9.97. The fourth-order valence-corrected chi connectivity index (χ4v) is 3.67. The van der Waals surface area contributed by atoms with Gasteiger partial charge in [-0.1, -0.05) is 12.1 Å². The van der Waals surface area contributed by atoms with Crippen molar-refractivity contribution in [2.45, 2.75) is 44.9 Å². The van der Waals surface area contributed by atoms with Crippen molar-refractivity contribution in [3.05, 3.63) is 34.9 Å². The van der Waals surface area contributed by atoms with Gasteiger partial charge < -0.3 is 10.0 Å². The van der Waals surface area contributed by atoms with E-state index in [1.165, 1.54) is 11.1 Å². The van der Waals surface area contributed by atoms with Crippen LogP contribution < -0.4 is 0 Å². The number of ketones is 1. The number of rotatable bonds is 5. The van der Waals surface area contributed by atoms with E-state index < -0.39 is 11.9 Å². The van der Waals surface area contributed by atoms with Crippen LogP contribution >= 0.6 is 0 Å². The van der Waals surface area contributed by atoms with Gasteiger partial charge in [0, 0.05) is 31.5 Å². The van der Waals surface area contributed by atoms with Gasteiger partial charge in [-0.25, -0.2) is 0 Å². The van der Waals surface area contributed by atoms with Gasteiger partial charge in [0.2, 0.25) is 5.91 Å². The van der Waals surface area contributed by atoms with Crippen molar-refractivity contribution in [2.24, 2.45) is 5.92 Å². The molecule has 1 heterocycles. The third-order valence-electron chi connectivity index (χ3n) is 5.11. The zero-order valence-corrected chi connectivity index (χ0v) is 13.8. The number of likely N-dealkylation sites (tertiary alicyclic amines) is 1. The van der Waals surface area contributed by atoms with Gasteiger partial charge in [-0.15, -0.1) is 0 Å². The number of Topliss-reactive ketones (excluding diaryl/α,β-unsaturated/α-hetero) is 1. The van der Waals surface area contributed by atoms with Gasteiger partial charge in [-0.3, -0.25) is 14.4 Å². The summed E-state index contributed by atoms with van der Waals surface area (Å²) >= 11 is 0. The minimum Gasteiger partial charge on any atom is -0.481 e. The molecule has 0 saturated carbocycles. The van der Waals surface area contributed by atoms with Crippen LogP contribution in [-0.4, -0.2) is 40.8 Å². The van der Waals surface area contributed by atoms with Crippen LogP contribution in [0.5, 0.6) is 0 Å². The van der Waals surface area contributed by atoms with E-state index >= 15 is 0 Å². The fourth-order valence-electron chi connectivity index (χ4n) is 3.67. The maximum Gasteiger partial charge on any atom is 0.308 e. The normalized spacial score (nSPS) is 19.8. The molecule has 1 aromatic carbocycles. The highest BCUT2D eigenvalue weighted by atomic mass is 16.4. The first-order valence-corrected chi connectivity index (χ1v) is 8.70. The number of benzene rings is 1. The van der Waals surface area contributed by atoms with Crippen molar-refractivity contribution in [1.29, 1.82) is 0 Å². The molecule has 0 radical (unpaired) electrons. The van der Waals surface area contributed by atoms with Crippen LogP contribution in [0.4, 0.5) is 0 Å². The van der Waals surface area contributed by atoms with Crippen molar-refractivity contribution in [3.63, 3.8) is 0 Å². The SMILES string of the molecule is O=C(CCC(=O)N1CCCC(C(=O)O)C1)c1ccc2c(c1)CCC2. The number of fused-ring (bicyclic) bond motifs is 1. The zero-order valence-electron chi connectivity index (χ0n) is 13.8. The highest BCUT2D eigenvalue weighted by Gasteiger charge is 2.28. The van der Waals surface area contributed by atoms with Crippen molar-refractivity contribution < 1.29 is 19.5 Å². The van der Waals surface area contributed by atoms with E-state index in [4.69, 9.17) is 5.11 Å². The third-order valence-corrected chi connectivity index (χ3v) is 5.11. The van der Waals surface area contributed by atoms with Crippen molar-refractivity contribution in [3.8, 4) is 0 Å². The Bertz CT molecular complexity index is 667. The summed E-state index contributed by atoms with van der Waals surface area (Å²) in [4.78, 5) is 37.3. The zero-order chi connectivity index (χ0) is 17.1. The molecule has 0 spiro atoms. The van der Waals surface area contributed by atoms with Crippen molar-refractivity contribution >= 4 is 17.7 Å². The van der Waals surface area contributed by atoms with Gasteiger partial charge in [0.1, 0.15) is 0 Å². The summed E-state index contributed by atoms with van der Waals surface area (Å²) in [5, 5.41) is 9.09. The van der Waals surface area contributed by atoms with Crippen LogP contribution in [0.2, 0.25) is 0 Å². The van der Waals surface area contributed by atoms with Crippen LogP contribution in [0.1, 0.15) is 53.6 Å². The Labute approximate surface area is 141 Å². The molecule has 1 atom stereocenters. The number of nitrogens with zero attached hydrogens (tertiary/aromatic N) is 1. The van der Waals surface area contributed by atoms with Crippen LogP contribution in [0.3, 0.4) is 0 Å². The molecule has 1 N–H and O–H groups in total. The van der Waals surface area contributed by atoms with Crippen LogP contribution in [0.25, 0.3) is 0 Å². The molecular formula is C19H23NO4. The summed E-state index contributed by atoms with van der Waals surface area (Å²) in [6.07, 6.45) is 4.93. The molecule has 24 heavy (non-hydrogen) atoms. The van der Waals surface area contributed by atoms with Gasteiger partial charge in [-0.05, 0) is 49.3 Å². The number of aryl methyl sites for hydroxylation is 2. The van der Waals surface area contributed by atoms with E-state index in [0.29, 0.717) is 24.9 Å². The number of hydrogen-bond acceptors (Lipinski definition) is 3. The molecule has 3 rings (SSSR count). The predicted molar refractivity (Wildman–Crippen MR) is 89.0 cm³/mol. The molecule has 1 fully saturated rings. The smallest absolute Gasteiger partial charge is 0.308 e. The molecule has 0 aromatic heterocycles. The Morgan fingerprint density at radius 1 is 1.08 bits per heavy atom. The Kier molecular flexibility index (Phi) is 4.97. The Morgan fingerprint density at radius 2 is 1.88 bits per heavy atom. The molecule has 1 aliphatic carbocycles. The monoisotopic (exact) mass is 329 g/mol. The molecule has 2 aliphatic rings. The number of carbonyl (C=O) groups excluding carboxylic acids is 2. The van der Waals surface area contributed by atoms with Gasteiger partial charge in [0.15, 0.2) is 5.78 Å². The number of carbonyl (C=O) groups is 3. The number of amides is 1. The maximum atomic E-state index is 12.3. The first kappa shape index (κ1) is 16.7. The fraction of sp³-hybridized carbons (Fsp3) is 0.526. The number of hydrogen-bond donors (Lipinski definition) is 1. The second-order valence-electron chi connectivity index (χ2n) is 6.78. The topological polar surface area (TPSA) is 74.7 Å². The summed E-state index contributed by atoms with van der Waals surface area (Å²) in [5.41, 5.74) is 3.27. The van der Waals surface area contributed by atoms with Crippen molar-refractivity contribution in [2.75, 3.05) is 13.1 Å². The summed E-state index contributed by atoms with van der Waals surface area (Å²) in [5.74, 6) is -1.45. The van der Waals surface area contributed by atoms with Crippen LogP contribution in [-0.2, 0) is 22.4 Å². The highest BCUT2D eigenvalue weighted by molar-refractivity contribution is 5.98. The molecule has 5 nitrogen and oxygen atoms in total. The lowest BCUT2D eigenvalue weighted by Gasteiger charge is -2.30. The Hall–Kier alpha value is -2.17. The average molecular weight is 329 g/mol. The Morgan fingerprint density at radius 3 is 2.67 bits per heavy atom. The van der Waals surface area contributed by atoms with Gasteiger partial charge in [0.05, 0.1) is 5.92 Å². The van der Waals surface area contributed by atoms with E-state index in [1.807, 2.05) is 18.2 Å². The van der Waals surface area contributed by atoms with Crippen molar-refractivity contribution in [1.82, 2.24) is 4.90 Å². The number of carboxylic acid groups (broad SMARTS) is 1. The maximum absolute atomic E-state index is 12.3. The molecule has 1 unspecified atom stereocenters. The van der Waals surface area contributed by atoms with Crippen LogP contribution in [0.15, 0.2) is 18.2 Å². The summed E-state index contributed by atoms with van der Waals surface area (Å²) in [6, 6.07) is 5.86. The van der Waals surface area contributed by atoms with Gasteiger partial charge >= 0.3 is 5.97 Å². The quantitative estimate of drug-likeness (QED) is 0.842. The number of carboxylic acids is 1. The lowest BCUT2D eigenvalue weighted by molar-refractivity contribution is -0.145. The second kappa shape index (κ2) is 7.16. The standard InChI is InChI=1S/C19H23NO4/c21-17(15-7-6-13-3-1-4-14(13)11-15)8-9-18(22)20-10-2-5-16(12-20)19(23)24/h6-7,11,16H,1-5,8-10,12H2,(H,23,24). The van der Waals surface area contributed by atoms with E-state index in [1.54, 1.807) is 4.90 Å². The molecule has 0 bridgehead atoms. The first-order valence-electron chi connectivity index (χ1n) is 8.70. The van der Waals surface area contributed by atoms with E-state index in [2.05, 4.69) is 0 Å². The summed E-state index contributed by atoms with van der Waals surface area (Å²) < 4.78 is 0. The van der Waals surface area contributed by atoms with E-state index in [0.717, 1.165) is 19.3 Å². The summed E-state index contributed by atoms with van der Waals surface area (Å²) in [7, 11) is 0. The highest BCUT2D eigenvalue weighted by Crippen LogP contribution is 2.24. The number of aliphatic carboxylic acids is 1. The lowest BCUT2D eigenvalue weighted by Crippen LogP contribution is -2.42. The van der Waals surface area contributed by atoms with E-state index in [-0.39, 0.29) is 31.1 Å². The molecule has 1 saturated heterocycles. The Balaban J connectivity index is 1.54. The minimum atomic E-state index is -0.846. The molecule has 128 valence electrons. The molecular weight excluding hydrogens is 306 g/mol. The number of piperidine rings is 1. The molecule has 1 amide bonds. The van der Waals surface area contributed by atoms with E-state index in [9.17, 15) is 14.4 Å². The predicted octanol–water partition coefficient (Wildman–Crippen LogP) is 2.46. The van der Waals surface area contributed by atoms with Crippen LogP contribution in [0, 0.1) is 5.92 Å². The molecule has 5 heteroatoms. The second-order valence-corrected chi connectivity index (χ2v) is 6.78. The average Bonchev–Trinajstić information content (AvgIpc) is 3.07. The van der Waals surface area contributed by atoms with Gasteiger partial charge in [-0.2, -0.15) is 0 Å². The minimum absolute atomic E-state index is 0.00940. The molecule has 1 aliphatic heterocycles. The van der Waals surface area contributed by atoms with Gasteiger partial charge in [0.25, 0.3) is 0 Å². The molecule has 1 aromatic rings. The largest absolute Gasteiger partial charge is 0.481 e. The summed E-state index contributed by atoms with van der Waals surface area (Å²) in [6.45, 7) is 0.858.